The number of nitrogens with zero attached hydrogens (tertiary/aromatic N) is 3. The fraction of sp³-hybridized carbons (Fsp3) is 0.400. The van der Waals surface area contributed by atoms with Crippen LogP contribution in [-0.2, 0) is 0 Å². The van der Waals surface area contributed by atoms with Gasteiger partial charge >= 0.3 is 0 Å². The second-order valence-corrected chi connectivity index (χ2v) is 8.06. The SMILES string of the molecule is N#C[C@@H]1[C@H](c2ccc(C#CCC3CCCC3)cc2)[C@H](CO)N1C(=O)c1ccccn1. The van der Waals surface area contributed by atoms with E-state index in [1.807, 2.05) is 24.3 Å². The molecule has 152 valence electrons. The van der Waals surface area contributed by atoms with Crippen molar-refractivity contribution >= 4 is 5.91 Å². The van der Waals surface area contributed by atoms with Crippen LogP contribution in [0.4, 0.5) is 0 Å². The van der Waals surface area contributed by atoms with Gasteiger partial charge in [0.2, 0.25) is 0 Å². The molecular weight excluding hydrogens is 374 g/mol. The number of hydrogen-bond donors (Lipinski definition) is 1. The van der Waals surface area contributed by atoms with E-state index in [9.17, 15) is 15.2 Å². The molecule has 0 bridgehead atoms. The Morgan fingerprint density at radius 2 is 1.93 bits per heavy atom. The molecule has 1 aliphatic carbocycles. The number of benzene rings is 1. The molecule has 5 heteroatoms. The quantitative estimate of drug-likeness (QED) is 0.798. The molecule has 0 radical (unpaired) electrons. The minimum Gasteiger partial charge on any atom is -0.394 e. The maximum atomic E-state index is 12.8. The lowest BCUT2D eigenvalue weighted by atomic mass is 9.75. The summed E-state index contributed by atoms with van der Waals surface area (Å²) in [4.78, 5) is 18.3. The Labute approximate surface area is 177 Å². The minimum absolute atomic E-state index is 0.204. The standard InChI is InChI=1S/C25H25N3O2/c26-16-22-24(23(17-29)28(22)25(30)21-10-3-4-15-27-21)20-13-11-19(12-14-20)9-5-8-18-6-1-2-7-18/h3-4,10-15,18,22-24,29H,1-2,6-8,17H2/t22-,23+,24+/m1/s1. The summed E-state index contributed by atoms with van der Waals surface area (Å²) in [6, 6.07) is 14.1. The van der Waals surface area contributed by atoms with Crippen molar-refractivity contribution in [2.75, 3.05) is 6.61 Å². The smallest absolute Gasteiger partial charge is 0.273 e. The van der Waals surface area contributed by atoms with Gasteiger partial charge in [-0.05, 0) is 48.6 Å². The highest BCUT2D eigenvalue weighted by Crippen LogP contribution is 2.41. The Balaban J connectivity index is 1.47. The van der Waals surface area contributed by atoms with Crippen LogP contribution in [0.3, 0.4) is 0 Å². The molecule has 1 N–H and O–H groups in total. The summed E-state index contributed by atoms with van der Waals surface area (Å²) in [6.45, 7) is -0.204. The minimum atomic E-state index is -0.629. The zero-order valence-corrected chi connectivity index (χ0v) is 16.9. The predicted octanol–water partition coefficient (Wildman–Crippen LogP) is 3.51. The van der Waals surface area contributed by atoms with E-state index in [1.165, 1.54) is 30.6 Å². The van der Waals surface area contributed by atoms with E-state index in [1.54, 1.807) is 24.4 Å². The Kier molecular flexibility index (Phi) is 6.12. The molecule has 1 aromatic carbocycles. The second kappa shape index (κ2) is 9.11. The number of carbonyl (C=O) groups is 1. The molecular formula is C25H25N3O2. The number of rotatable bonds is 4. The summed E-state index contributed by atoms with van der Waals surface area (Å²) in [6.07, 6.45) is 7.75. The summed E-state index contributed by atoms with van der Waals surface area (Å²) in [5.41, 5.74) is 2.17. The molecule has 2 aliphatic rings. The summed E-state index contributed by atoms with van der Waals surface area (Å²) < 4.78 is 0. The maximum absolute atomic E-state index is 12.8. The van der Waals surface area contributed by atoms with Gasteiger partial charge < -0.3 is 10.0 Å². The zero-order chi connectivity index (χ0) is 20.9. The first-order valence-electron chi connectivity index (χ1n) is 10.6. The molecule has 1 saturated carbocycles. The first-order valence-corrected chi connectivity index (χ1v) is 10.6. The van der Waals surface area contributed by atoms with Crippen LogP contribution in [0, 0.1) is 29.1 Å². The van der Waals surface area contributed by atoms with E-state index < -0.39 is 12.1 Å². The highest BCUT2D eigenvalue weighted by molar-refractivity contribution is 5.94. The average Bonchev–Trinajstić information content (AvgIpc) is 3.29. The van der Waals surface area contributed by atoms with E-state index >= 15 is 0 Å². The Morgan fingerprint density at radius 1 is 1.17 bits per heavy atom. The number of hydrogen-bond acceptors (Lipinski definition) is 4. The summed E-state index contributed by atoms with van der Waals surface area (Å²) >= 11 is 0. The van der Waals surface area contributed by atoms with Crippen LogP contribution in [-0.4, -0.2) is 39.6 Å². The van der Waals surface area contributed by atoms with Gasteiger partial charge in [-0.3, -0.25) is 9.78 Å². The first kappa shape index (κ1) is 20.1. The molecule has 2 fully saturated rings. The van der Waals surface area contributed by atoms with Crippen molar-refractivity contribution in [1.82, 2.24) is 9.88 Å². The van der Waals surface area contributed by atoms with Crippen LogP contribution >= 0.6 is 0 Å². The van der Waals surface area contributed by atoms with E-state index in [0.29, 0.717) is 0 Å². The fourth-order valence-corrected chi connectivity index (χ4v) is 4.61. The third kappa shape index (κ3) is 3.95. The molecule has 1 aromatic heterocycles. The number of pyridine rings is 1. The first-order chi connectivity index (χ1) is 14.7. The summed E-state index contributed by atoms with van der Waals surface area (Å²) in [5, 5.41) is 19.6. The number of carbonyl (C=O) groups excluding carboxylic acids is 1. The second-order valence-electron chi connectivity index (χ2n) is 8.06. The molecule has 1 amide bonds. The lowest BCUT2D eigenvalue weighted by Gasteiger charge is -2.51. The molecule has 5 nitrogen and oxygen atoms in total. The van der Waals surface area contributed by atoms with Crippen LogP contribution in [0.25, 0.3) is 0 Å². The molecule has 3 atom stereocenters. The number of likely N-dealkylation sites (tertiary alicyclic amines) is 1. The highest BCUT2D eigenvalue weighted by Gasteiger charge is 2.52. The number of aromatic nitrogens is 1. The van der Waals surface area contributed by atoms with Gasteiger partial charge in [0.25, 0.3) is 5.91 Å². The van der Waals surface area contributed by atoms with Crippen LogP contribution in [0.2, 0.25) is 0 Å². The predicted molar refractivity (Wildman–Crippen MR) is 113 cm³/mol. The Morgan fingerprint density at radius 3 is 2.57 bits per heavy atom. The largest absolute Gasteiger partial charge is 0.394 e. The van der Waals surface area contributed by atoms with Crippen molar-refractivity contribution in [1.29, 1.82) is 5.26 Å². The van der Waals surface area contributed by atoms with Crippen molar-refractivity contribution in [2.45, 2.75) is 50.1 Å². The van der Waals surface area contributed by atoms with E-state index in [-0.39, 0.29) is 24.1 Å². The summed E-state index contributed by atoms with van der Waals surface area (Å²) in [7, 11) is 0. The topological polar surface area (TPSA) is 77.2 Å². The molecule has 0 unspecified atom stereocenters. The lowest BCUT2D eigenvalue weighted by molar-refractivity contribution is -0.00629. The molecule has 1 saturated heterocycles. The lowest BCUT2D eigenvalue weighted by Crippen LogP contribution is -2.65. The van der Waals surface area contributed by atoms with Gasteiger partial charge in [0, 0.05) is 24.1 Å². The normalized spacial score (nSPS) is 23.2. The van der Waals surface area contributed by atoms with Crippen molar-refractivity contribution < 1.29 is 9.90 Å². The van der Waals surface area contributed by atoms with Crippen LogP contribution in [0.1, 0.15) is 59.6 Å². The fourth-order valence-electron chi connectivity index (χ4n) is 4.61. The van der Waals surface area contributed by atoms with Crippen molar-refractivity contribution in [2.24, 2.45) is 5.92 Å². The number of aliphatic hydroxyl groups excluding tert-OH is 1. The highest BCUT2D eigenvalue weighted by atomic mass is 16.3. The third-order valence-electron chi connectivity index (χ3n) is 6.24. The van der Waals surface area contributed by atoms with Gasteiger partial charge in [-0.15, -0.1) is 0 Å². The number of aliphatic hydroxyl groups is 1. The molecule has 2 aromatic rings. The van der Waals surface area contributed by atoms with Gasteiger partial charge in [-0.1, -0.05) is 42.9 Å². The van der Waals surface area contributed by atoms with Crippen molar-refractivity contribution in [3.05, 3.63) is 65.5 Å². The van der Waals surface area contributed by atoms with Gasteiger partial charge in [-0.2, -0.15) is 5.26 Å². The monoisotopic (exact) mass is 399 g/mol. The van der Waals surface area contributed by atoms with Crippen LogP contribution in [0.15, 0.2) is 48.7 Å². The van der Waals surface area contributed by atoms with Crippen molar-refractivity contribution in [3.63, 3.8) is 0 Å². The molecule has 2 heterocycles. The molecule has 4 rings (SSSR count). The van der Waals surface area contributed by atoms with E-state index in [4.69, 9.17) is 0 Å². The van der Waals surface area contributed by atoms with E-state index in [0.717, 1.165) is 23.5 Å². The van der Waals surface area contributed by atoms with Crippen molar-refractivity contribution in [3.8, 4) is 17.9 Å². The number of amides is 1. The summed E-state index contributed by atoms with van der Waals surface area (Å²) in [5.74, 6) is 6.72. The third-order valence-corrected chi connectivity index (χ3v) is 6.24. The van der Waals surface area contributed by atoms with Crippen LogP contribution < -0.4 is 0 Å². The van der Waals surface area contributed by atoms with Gasteiger partial charge in [0.05, 0.1) is 18.7 Å². The van der Waals surface area contributed by atoms with Gasteiger partial charge in [-0.25, -0.2) is 0 Å². The Hall–Kier alpha value is -3.15. The van der Waals surface area contributed by atoms with E-state index in [2.05, 4.69) is 22.9 Å². The number of nitriles is 1. The zero-order valence-electron chi connectivity index (χ0n) is 16.9. The Bertz CT molecular complexity index is 979. The molecule has 0 spiro atoms. The molecule has 30 heavy (non-hydrogen) atoms. The molecule has 1 aliphatic heterocycles. The van der Waals surface area contributed by atoms with Gasteiger partial charge in [0.15, 0.2) is 0 Å². The van der Waals surface area contributed by atoms with Crippen LogP contribution in [0.5, 0.6) is 0 Å². The average molecular weight is 399 g/mol. The van der Waals surface area contributed by atoms with Gasteiger partial charge in [0.1, 0.15) is 11.7 Å². The maximum Gasteiger partial charge on any atom is 0.273 e.